The van der Waals surface area contributed by atoms with E-state index in [1.807, 2.05) is 42.5 Å². The number of rotatable bonds is 11. The Labute approximate surface area is 252 Å². The molecule has 0 bridgehead atoms. The zero-order valence-electron chi connectivity index (χ0n) is 23.7. The van der Waals surface area contributed by atoms with Crippen LogP contribution >= 0.6 is 23.2 Å². The van der Waals surface area contributed by atoms with E-state index in [2.05, 4.69) is 23.7 Å². The second-order valence-electron chi connectivity index (χ2n) is 10.5. The number of H-pyrrole nitrogens is 1. The molecule has 41 heavy (non-hydrogen) atoms. The van der Waals surface area contributed by atoms with Gasteiger partial charge in [-0.1, -0.05) is 49.2 Å². The highest BCUT2D eigenvalue weighted by atomic mass is 35.5. The summed E-state index contributed by atoms with van der Waals surface area (Å²) < 4.78 is 11.9. The van der Waals surface area contributed by atoms with E-state index in [0.29, 0.717) is 35.4 Å². The Bertz CT molecular complexity index is 1450. The van der Waals surface area contributed by atoms with E-state index in [1.165, 1.54) is 18.4 Å². The first-order chi connectivity index (χ1) is 20.0. The highest BCUT2D eigenvalue weighted by molar-refractivity contribution is 6.31. The Morgan fingerprint density at radius 1 is 0.927 bits per heavy atom. The number of benzene rings is 3. The fourth-order valence-electron chi connectivity index (χ4n) is 5.66. The normalized spacial score (nSPS) is 14.9. The predicted molar refractivity (Wildman–Crippen MR) is 167 cm³/mol. The number of fused-ring (bicyclic) bond motifs is 3. The van der Waals surface area contributed by atoms with E-state index in [9.17, 15) is 4.79 Å². The lowest BCUT2D eigenvalue weighted by Crippen LogP contribution is -2.42. The van der Waals surface area contributed by atoms with E-state index < -0.39 is 6.09 Å². The van der Waals surface area contributed by atoms with Crippen molar-refractivity contribution < 1.29 is 14.3 Å². The van der Waals surface area contributed by atoms with E-state index in [4.69, 9.17) is 32.7 Å². The number of ether oxygens (including phenoxy) is 2. The first-order valence-electron chi connectivity index (χ1n) is 14.5. The molecular weight excluding hydrogens is 557 g/mol. The topological polar surface area (TPSA) is 57.8 Å². The summed E-state index contributed by atoms with van der Waals surface area (Å²) in [7, 11) is 0. The highest BCUT2D eigenvalue weighted by Gasteiger charge is 2.35. The SMILES string of the molecule is CCCN(CCC)CCCOc1ccc(C2c3[nH]c4ccc(Cl)cc4c3CCN2C(=O)Oc2ccc(Cl)cc2)cc1. The molecule has 0 saturated heterocycles. The molecule has 0 fully saturated rings. The molecule has 6 nitrogen and oxygen atoms in total. The van der Waals surface area contributed by atoms with Gasteiger partial charge in [0.05, 0.1) is 6.61 Å². The number of nitrogens with zero attached hydrogens (tertiary/aromatic N) is 2. The van der Waals surface area contributed by atoms with Crippen molar-refractivity contribution in [2.24, 2.45) is 0 Å². The van der Waals surface area contributed by atoms with Gasteiger partial charge in [-0.3, -0.25) is 4.90 Å². The summed E-state index contributed by atoms with van der Waals surface area (Å²) in [5.41, 5.74) is 4.12. The van der Waals surface area contributed by atoms with Crippen LogP contribution in [0.1, 0.15) is 56.0 Å². The maximum atomic E-state index is 13.5. The van der Waals surface area contributed by atoms with Crippen molar-refractivity contribution in [1.82, 2.24) is 14.8 Å². The third kappa shape index (κ3) is 7.00. The molecule has 1 amide bonds. The van der Waals surface area contributed by atoms with Gasteiger partial charge in [0.2, 0.25) is 0 Å². The highest BCUT2D eigenvalue weighted by Crippen LogP contribution is 2.40. The fourth-order valence-corrected chi connectivity index (χ4v) is 5.96. The van der Waals surface area contributed by atoms with Crippen LogP contribution in [-0.2, 0) is 6.42 Å². The van der Waals surface area contributed by atoms with E-state index in [0.717, 1.165) is 54.0 Å². The number of amides is 1. The molecule has 1 atom stereocenters. The minimum atomic E-state index is -0.413. The van der Waals surface area contributed by atoms with Crippen molar-refractivity contribution in [2.75, 3.05) is 32.8 Å². The molecule has 216 valence electrons. The van der Waals surface area contributed by atoms with E-state index in [1.54, 1.807) is 29.2 Å². The number of aromatic amines is 1. The molecule has 1 aliphatic rings. The third-order valence-corrected chi connectivity index (χ3v) is 7.99. The lowest BCUT2D eigenvalue weighted by Gasteiger charge is -2.35. The third-order valence-electron chi connectivity index (χ3n) is 7.51. The summed E-state index contributed by atoms with van der Waals surface area (Å²) in [4.78, 5) is 21.4. The molecule has 0 aliphatic carbocycles. The van der Waals surface area contributed by atoms with Crippen LogP contribution in [0.4, 0.5) is 4.79 Å². The smallest absolute Gasteiger partial charge is 0.416 e. The average molecular weight is 595 g/mol. The van der Waals surface area contributed by atoms with Crippen molar-refractivity contribution >= 4 is 40.2 Å². The summed E-state index contributed by atoms with van der Waals surface area (Å²) in [5, 5.41) is 2.36. The van der Waals surface area contributed by atoms with Crippen molar-refractivity contribution in [3.05, 3.63) is 93.6 Å². The molecule has 3 aromatic carbocycles. The van der Waals surface area contributed by atoms with Gasteiger partial charge in [-0.25, -0.2) is 4.79 Å². The molecule has 8 heteroatoms. The van der Waals surface area contributed by atoms with Crippen LogP contribution in [0, 0.1) is 0 Å². The van der Waals surface area contributed by atoms with Crippen molar-refractivity contribution in [1.29, 1.82) is 0 Å². The molecule has 1 aromatic heterocycles. The summed E-state index contributed by atoms with van der Waals surface area (Å²) in [6.07, 6.45) is 3.59. The molecule has 4 aromatic rings. The van der Waals surface area contributed by atoms with Gasteiger partial charge in [0, 0.05) is 39.7 Å². The molecule has 1 unspecified atom stereocenters. The predicted octanol–water partition coefficient (Wildman–Crippen LogP) is 8.51. The number of carbonyl (C=O) groups excluding carboxylic acids is 1. The van der Waals surface area contributed by atoms with E-state index >= 15 is 0 Å². The van der Waals surface area contributed by atoms with Gasteiger partial charge in [-0.15, -0.1) is 0 Å². The van der Waals surface area contributed by atoms with Crippen molar-refractivity contribution in [3.63, 3.8) is 0 Å². The summed E-state index contributed by atoms with van der Waals surface area (Å²) >= 11 is 12.4. The lowest BCUT2D eigenvalue weighted by atomic mass is 9.92. The Hall–Kier alpha value is -3.19. The molecule has 1 aliphatic heterocycles. The zero-order valence-corrected chi connectivity index (χ0v) is 25.2. The summed E-state index contributed by atoms with van der Waals surface area (Å²) in [6, 6.07) is 20.4. The van der Waals surface area contributed by atoms with Gasteiger partial charge < -0.3 is 19.4 Å². The zero-order chi connectivity index (χ0) is 28.8. The van der Waals surface area contributed by atoms with Crippen LogP contribution in [0.2, 0.25) is 10.0 Å². The maximum absolute atomic E-state index is 13.5. The minimum absolute atomic E-state index is 0.351. The first-order valence-corrected chi connectivity index (χ1v) is 15.2. The number of aromatic nitrogens is 1. The molecule has 0 spiro atoms. The Morgan fingerprint density at radius 3 is 2.32 bits per heavy atom. The second-order valence-corrected chi connectivity index (χ2v) is 11.4. The molecule has 2 heterocycles. The van der Waals surface area contributed by atoms with Gasteiger partial charge in [0.1, 0.15) is 17.5 Å². The maximum Gasteiger partial charge on any atom is 0.416 e. The fraction of sp³-hybridized carbons (Fsp3) is 0.364. The molecule has 0 saturated carbocycles. The summed E-state index contributed by atoms with van der Waals surface area (Å²) in [5.74, 6) is 1.27. The van der Waals surface area contributed by atoms with Gasteiger partial charge in [-0.05, 0) is 104 Å². The van der Waals surface area contributed by atoms with Crippen LogP contribution in [0.3, 0.4) is 0 Å². The van der Waals surface area contributed by atoms with Crippen molar-refractivity contribution in [3.8, 4) is 11.5 Å². The average Bonchev–Trinajstić information content (AvgIpc) is 3.34. The molecule has 5 rings (SSSR count). The number of carbonyl (C=O) groups is 1. The first kappa shape index (κ1) is 29.3. The Kier molecular flexibility index (Phi) is 9.76. The van der Waals surface area contributed by atoms with Crippen LogP contribution < -0.4 is 9.47 Å². The van der Waals surface area contributed by atoms with E-state index in [-0.39, 0.29) is 6.04 Å². The molecular formula is C33H37Cl2N3O3. The van der Waals surface area contributed by atoms with Gasteiger partial charge in [0.15, 0.2) is 0 Å². The largest absolute Gasteiger partial charge is 0.494 e. The van der Waals surface area contributed by atoms with Crippen LogP contribution in [-0.4, -0.2) is 53.7 Å². The number of halogens is 2. The second kappa shape index (κ2) is 13.6. The quantitative estimate of drug-likeness (QED) is 0.177. The van der Waals surface area contributed by atoms with Crippen LogP contribution in [0.15, 0.2) is 66.7 Å². The monoisotopic (exact) mass is 593 g/mol. The van der Waals surface area contributed by atoms with Crippen molar-refractivity contribution in [2.45, 2.75) is 45.6 Å². The Morgan fingerprint density at radius 2 is 1.61 bits per heavy atom. The Balaban J connectivity index is 1.36. The van der Waals surface area contributed by atoms with Crippen LogP contribution in [0.25, 0.3) is 10.9 Å². The minimum Gasteiger partial charge on any atom is -0.494 e. The van der Waals surface area contributed by atoms with Crippen LogP contribution in [0.5, 0.6) is 11.5 Å². The standard InChI is InChI=1S/C33H37Cl2N3O3/c1-3-17-37(18-4-2)19-5-21-40-26-11-6-23(7-12-26)32-31-28(29-22-25(35)10-15-30(29)36-31)16-20-38(32)33(39)41-27-13-8-24(34)9-14-27/h6-15,22,32,36H,3-5,16-21H2,1-2H3. The number of hydrogen-bond donors (Lipinski definition) is 1. The molecule has 0 radical (unpaired) electrons. The summed E-state index contributed by atoms with van der Waals surface area (Å²) in [6.45, 7) is 8.91. The number of hydrogen-bond acceptors (Lipinski definition) is 4. The lowest BCUT2D eigenvalue weighted by molar-refractivity contribution is 0.135. The van der Waals surface area contributed by atoms with Gasteiger partial charge >= 0.3 is 6.09 Å². The number of nitrogens with one attached hydrogen (secondary N) is 1. The van der Waals surface area contributed by atoms with Gasteiger partial charge in [0.25, 0.3) is 0 Å². The molecule has 1 N–H and O–H groups in total. The van der Waals surface area contributed by atoms with Gasteiger partial charge in [-0.2, -0.15) is 0 Å².